The lowest BCUT2D eigenvalue weighted by atomic mass is 10.3. The van der Waals surface area contributed by atoms with E-state index in [0.717, 1.165) is 30.5 Å². The van der Waals surface area contributed by atoms with Crippen molar-refractivity contribution in [3.05, 3.63) is 27.7 Å². The third-order valence-corrected chi connectivity index (χ3v) is 6.63. The molecule has 2 rings (SSSR count). The number of rotatable bonds is 5. The molecule has 1 aromatic carbocycles. The number of nitrogens with zero attached hydrogens (tertiary/aromatic N) is 2. The van der Waals surface area contributed by atoms with E-state index in [2.05, 4.69) is 22.0 Å². The summed E-state index contributed by atoms with van der Waals surface area (Å²) in [6.07, 6.45) is 1.41. The molecule has 1 aromatic rings. The molecule has 1 N–H and O–H groups in total. The molecule has 0 atom stereocenters. The molecule has 1 fully saturated rings. The lowest BCUT2D eigenvalue weighted by Crippen LogP contribution is -3.14. The molecule has 0 bridgehead atoms. The second-order valence-electron chi connectivity index (χ2n) is 5.24. The number of halogens is 2. The highest BCUT2D eigenvalue weighted by Gasteiger charge is 2.31. The monoisotopic (exact) mass is 406 g/mol. The van der Waals surface area contributed by atoms with Gasteiger partial charge in [-0.25, -0.2) is 8.42 Å². The van der Waals surface area contributed by atoms with Gasteiger partial charge in [-0.2, -0.15) is 9.57 Å². The van der Waals surface area contributed by atoms with Crippen molar-refractivity contribution in [2.24, 2.45) is 0 Å². The molecular weight excluding hydrogens is 390 g/mol. The minimum atomic E-state index is -3.54. The molecule has 0 saturated carbocycles. The van der Waals surface area contributed by atoms with E-state index >= 15 is 0 Å². The van der Waals surface area contributed by atoms with Crippen LogP contribution in [0.5, 0.6) is 0 Å². The zero-order valence-corrected chi connectivity index (χ0v) is 15.2. The third-order valence-electron chi connectivity index (χ3n) is 3.76. The fourth-order valence-corrected chi connectivity index (χ4v) is 4.99. The summed E-state index contributed by atoms with van der Waals surface area (Å²) in [6.45, 7) is 3.41. The van der Waals surface area contributed by atoms with Crippen molar-refractivity contribution in [2.75, 3.05) is 32.7 Å². The van der Waals surface area contributed by atoms with Crippen molar-refractivity contribution in [3.8, 4) is 6.07 Å². The molecule has 0 unspecified atom stereocenters. The number of hydrogen-bond acceptors (Lipinski definition) is 3. The number of quaternary nitrogens is 1. The standard InChI is InChI=1S/C14H17BrClN3O2S/c15-12-3-4-14(13(16)11-12)22(20,21)19-9-7-18(8-10-19)6-2-1-5-17/h3-4,11H,1-2,6-10H2/p+1. The van der Waals surface area contributed by atoms with Crippen molar-refractivity contribution >= 4 is 37.6 Å². The van der Waals surface area contributed by atoms with Gasteiger partial charge in [0.15, 0.2) is 0 Å². The highest BCUT2D eigenvalue weighted by atomic mass is 79.9. The molecular formula is C14H18BrClN3O2S+. The van der Waals surface area contributed by atoms with E-state index in [9.17, 15) is 8.42 Å². The maximum Gasteiger partial charge on any atom is 0.244 e. The Morgan fingerprint density at radius 2 is 2.05 bits per heavy atom. The van der Waals surface area contributed by atoms with Crippen molar-refractivity contribution < 1.29 is 13.3 Å². The van der Waals surface area contributed by atoms with Gasteiger partial charge < -0.3 is 4.90 Å². The van der Waals surface area contributed by atoms with Gasteiger partial charge in [0.25, 0.3) is 0 Å². The molecule has 8 heteroatoms. The lowest BCUT2D eigenvalue weighted by Gasteiger charge is -2.31. The second-order valence-corrected chi connectivity index (χ2v) is 8.47. The first-order valence-corrected chi connectivity index (χ1v) is 9.72. The van der Waals surface area contributed by atoms with Gasteiger partial charge in [0.05, 0.1) is 43.8 Å². The maximum absolute atomic E-state index is 12.7. The molecule has 1 heterocycles. The Morgan fingerprint density at radius 1 is 1.36 bits per heavy atom. The molecule has 0 aliphatic carbocycles. The summed E-state index contributed by atoms with van der Waals surface area (Å²) >= 11 is 9.35. The van der Waals surface area contributed by atoms with Crippen LogP contribution in [0.4, 0.5) is 0 Å². The zero-order chi connectivity index (χ0) is 16.2. The van der Waals surface area contributed by atoms with Gasteiger partial charge in [-0.15, -0.1) is 0 Å². The highest BCUT2D eigenvalue weighted by Crippen LogP contribution is 2.27. The molecule has 0 spiro atoms. The first-order chi connectivity index (χ1) is 10.4. The zero-order valence-electron chi connectivity index (χ0n) is 12.1. The minimum Gasteiger partial charge on any atom is -0.333 e. The average molecular weight is 408 g/mol. The quantitative estimate of drug-likeness (QED) is 0.748. The number of piperazine rings is 1. The molecule has 120 valence electrons. The Kier molecular flexibility index (Phi) is 6.24. The highest BCUT2D eigenvalue weighted by molar-refractivity contribution is 9.10. The summed E-state index contributed by atoms with van der Waals surface area (Å²) in [6, 6.07) is 6.95. The lowest BCUT2D eigenvalue weighted by molar-refractivity contribution is -0.903. The summed E-state index contributed by atoms with van der Waals surface area (Å²) in [7, 11) is -3.54. The van der Waals surface area contributed by atoms with Crippen LogP contribution >= 0.6 is 27.5 Å². The minimum absolute atomic E-state index is 0.158. The van der Waals surface area contributed by atoms with Crippen molar-refractivity contribution in [2.45, 2.75) is 17.7 Å². The Hall–Kier alpha value is -0.650. The number of unbranched alkanes of at least 4 members (excludes halogenated alkanes) is 1. The first kappa shape index (κ1) is 17.7. The van der Waals surface area contributed by atoms with E-state index in [1.807, 2.05) is 0 Å². The van der Waals surface area contributed by atoms with Gasteiger partial charge in [0.2, 0.25) is 10.0 Å². The van der Waals surface area contributed by atoms with Crippen LogP contribution in [0.1, 0.15) is 12.8 Å². The third kappa shape index (κ3) is 4.21. The second kappa shape index (κ2) is 7.75. The van der Waals surface area contributed by atoms with E-state index in [4.69, 9.17) is 16.9 Å². The molecule has 22 heavy (non-hydrogen) atoms. The molecule has 0 amide bonds. The van der Waals surface area contributed by atoms with Gasteiger partial charge in [-0.1, -0.05) is 27.5 Å². The fourth-order valence-electron chi connectivity index (χ4n) is 2.53. The SMILES string of the molecule is N#CCCC[NH+]1CCN(S(=O)(=O)c2ccc(Br)cc2Cl)CC1. The Labute approximate surface area is 144 Å². The number of nitrogens with one attached hydrogen (secondary N) is 1. The van der Waals surface area contributed by atoms with Gasteiger partial charge in [0.1, 0.15) is 4.90 Å². The van der Waals surface area contributed by atoms with Crippen LogP contribution < -0.4 is 4.90 Å². The molecule has 1 aliphatic rings. The topological polar surface area (TPSA) is 65.6 Å². The van der Waals surface area contributed by atoms with Gasteiger partial charge in [0, 0.05) is 17.3 Å². The summed E-state index contributed by atoms with van der Waals surface area (Å²) < 4.78 is 27.6. The number of hydrogen-bond donors (Lipinski definition) is 1. The van der Waals surface area contributed by atoms with E-state index in [0.29, 0.717) is 19.5 Å². The molecule has 0 radical (unpaired) electrons. The maximum atomic E-state index is 12.7. The van der Waals surface area contributed by atoms with E-state index in [1.165, 1.54) is 15.3 Å². The van der Waals surface area contributed by atoms with Crippen LogP contribution in [0.3, 0.4) is 0 Å². The summed E-state index contributed by atoms with van der Waals surface area (Å²) in [5.74, 6) is 0. The van der Waals surface area contributed by atoms with Crippen molar-refractivity contribution in [1.29, 1.82) is 5.26 Å². The van der Waals surface area contributed by atoms with E-state index in [-0.39, 0.29) is 9.92 Å². The summed E-state index contributed by atoms with van der Waals surface area (Å²) in [5.41, 5.74) is 0. The van der Waals surface area contributed by atoms with Crippen molar-refractivity contribution in [3.63, 3.8) is 0 Å². The average Bonchev–Trinajstić information content (AvgIpc) is 2.47. The first-order valence-electron chi connectivity index (χ1n) is 7.11. The van der Waals surface area contributed by atoms with Gasteiger partial charge in [-0.3, -0.25) is 0 Å². The Balaban J connectivity index is 2.02. The summed E-state index contributed by atoms with van der Waals surface area (Å²) in [4.78, 5) is 1.51. The normalized spacial score (nSPS) is 17.3. The van der Waals surface area contributed by atoms with E-state index in [1.54, 1.807) is 12.1 Å². The molecule has 1 saturated heterocycles. The number of nitriles is 1. The Morgan fingerprint density at radius 3 is 2.64 bits per heavy atom. The van der Waals surface area contributed by atoms with Crippen LogP contribution in [-0.2, 0) is 10.0 Å². The largest absolute Gasteiger partial charge is 0.333 e. The number of benzene rings is 1. The smallest absolute Gasteiger partial charge is 0.244 e. The molecule has 5 nitrogen and oxygen atoms in total. The van der Waals surface area contributed by atoms with Crippen LogP contribution in [0.2, 0.25) is 5.02 Å². The summed E-state index contributed by atoms with van der Waals surface area (Å²) in [5, 5.41) is 8.79. The number of sulfonamides is 1. The van der Waals surface area contributed by atoms with Crippen molar-refractivity contribution in [1.82, 2.24) is 4.31 Å². The Bertz CT molecular complexity index is 667. The predicted octanol–water partition coefficient (Wildman–Crippen LogP) is 1.30. The van der Waals surface area contributed by atoms with E-state index < -0.39 is 10.0 Å². The van der Waals surface area contributed by atoms with Crippen LogP contribution in [-0.4, -0.2) is 45.4 Å². The van der Waals surface area contributed by atoms with Gasteiger partial charge >= 0.3 is 0 Å². The van der Waals surface area contributed by atoms with Crippen LogP contribution in [0, 0.1) is 11.3 Å². The molecule has 1 aliphatic heterocycles. The molecule has 0 aromatic heterocycles. The van der Waals surface area contributed by atoms with Gasteiger partial charge in [-0.05, 0) is 18.2 Å². The fraction of sp³-hybridized carbons (Fsp3) is 0.500. The van der Waals surface area contributed by atoms with Crippen LogP contribution in [0.15, 0.2) is 27.6 Å². The predicted molar refractivity (Wildman–Crippen MR) is 88.3 cm³/mol. The van der Waals surface area contributed by atoms with Crippen LogP contribution in [0.25, 0.3) is 0 Å².